The maximum Gasteiger partial charge on any atom is 0.316 e. The van der Waals surface area contributed by atoms with Crippen LogP contribution in [0, 0.1) is 34.1 Å². The van der Waals surface area contributed by atoms with Crippen LogP contribution in [-0.4, -0.2) is 27.3 Å². The molecule has 0 heterocycles. The van der Waals surface area contributed by atoms with Crippen molar-refractivity contribution in [2.45, 2.75) is 60.0 Å². The first-order valence-electron chi connectivity index (χ1n) is 10.4. The minimum absolute atomic E-state index is 0.0894. The first-order chi connectivity index (χ1) is 15.4. The zero-order valence-electron chi connectivity index (χ0n) is 19.8. The Hall–Kier alpha value is -3.44. The van der Waals surface area contributed by atoms with Gasteiger partial charge in [-0.3, -0.25) is 30.9 Å². The van der Waals surface area contributed by atoms with Crippen LogP contribution in [0.3, 0.4) is 0 Å². The van der Waals surface area contributed by atoms with Gasteiger partial charge in [0.2, 0.25) is 5.75 Å². The maximum atomic E-state index is 11.8. The maximum absolute atomic E-state index is 11.8. The standard InChI is InChI=1S/C22H30N4O7/c1-11(2)15-9-19(14(6)20(25(29)30)17(15)10-27)24(28)23-18-8-16(12(3)4)22(33-7)21(13(18)5)26(31)32/h8-9,11-12,23,27-28H,10H2,1-7H3. The molecule has 0 radical (unpaired) electrons. The molecule has 0 aliphatic carbocycles. The Kier molecular flexibility index (Phi) is 7.83. The zero-order valence-corrected chi connectivity index (χ0v) is 19.8. The predicted octanol–water partition coefficient (Wildman–Crippen LogP) is 5.09. The molecule has 11 nitrogen and oxygen atoms in total. The Morgan fingerprint density at radius 2 is 1.55 bits per heavy atom. The lowest BCUT2D eigenvalue weighted by Gasteiger charge is -2.25. The summed E-state index contributed by atoms with van der Waals surface area (Å²) in [6.07, 6.45) is 0. The number of nitro benzene ring substituents is 2. The highest BCUT2D eigenvalue weighted by Gasteiger charge is 2.30. The van der Waals surface area contributed by atoms with Crippen LogP contribution < -0.4 is 15.3 Å². The van der Waals surface area contributed by atoms with Gasteiger partial charge in [-0.2, -0.15) is 5.17 Å². The van der Waals surface area contributed by atoms with Gasteiger partial charge in [-0.15, -0.1) is 0 Å². The highest BCUT2D eigenvalue weighted by molar-refractivity contribution is 5.73. The number of aliphatic hydroxyl groups is 1. The van der Waals surface area contributed by atoms with Gasteiger partial charge in [-0.1, -0.05) is 27.7 Å². The molecule has 180 valence electrons. The second kappa shape index (κ2) is 10.0. The average molecular weight is 463 g/mol. The molecule has 2 aromatic rings. The molecule has 0 spiro atoms. The van der Waals surface area contributed by atoms with E-state index in [0.29, 0.717) is 16.3 Å². The molecule has 0 unspecified atom stereocenters. The van der Waals surface area contributed by atoms with Crippen molar-refractivity contribution in [3.63, 3.8) is 0 Å². The van der Waals surface area contributed by atoms with E-state index in [1.807, 2.05) is 27.7 Å². The monoisotopic (exact) mass is 462 g/mol. The summed E-state index contributed by atoms with van der Waals surface area (Å²) >= 11 is 0. The van der Waals surface area contributed by atoms with E-state index in [4.69, 9.17) is 4.74 Å². The second-order valence-electron chi connectivity index (χ2n) is 8.36. The number of benzene rings is 2. The quantitative estimate of drug-likeness (QED) is 0.342. The van der Waals surface area contributed by atoms with Crippen LogP contribution in [-0.2, 0) is 6.61 Å². The first-order valence-corrected chi connectivity index (χ1v) is 10.4. The van der Waals surface area contributed by atoms with Crippen molar-refractivity contribution in [2.75, 3.05) is 17.7 Å². The van der Waals surface area contributed by atoms with E-state index in [1.165, 1.54) is 21.0 Å². The summed E-state index contributed by atoms with van der Waals surface area (Å²) in [7, 11) is 1.36. The smallest absolute Gasteiger partial charge is 0.316 e. The number of aliphatic hydroxyl groups excluding tert-OH is 1. The summed E-state index contributed by atoms with van der Waals surface area (Å²) in [6.45, 7) is 9.80. The van der Waals surface area contributed by atoms with Gasteiger partial charge in [0.1, 0.15) is 0 Å². The van der Waals surface area contributed by atoms with Crippen molar-refractivity contribution >= 4 is 22.7 Å². The van der Waals surface area contributed by atoms with Crippen molar-refractivity contribution in [3.05, 3.63) is 60.2 Å². The number of hydrogen-bond donors (Lipinski definition) is 3. The summed E-state index contributed by atoms with van der Waals surface area (Å²) in [5.41, 5.74) is 4.14. The summed E-state index contributed by atoms with van der Waals surface area (Å²) in [5, 5.41) is 44.8. The summed E-state index contributed by atoms with van der Waals surface area (Å²) < 4.78 is 5.31. The SMILES string of the molecule is COc1c(C(C)C)cc(NN(O)c2cc(C(C)C)c(CO)c([N+](=O)[O-])c2C)c(C)c1[N+](=O)[O-]. The summed E-state index contributed by atoms with van der Waals surface area (Å²) in [5.74, 6) is -0.148. The Bertz CT molecular complexity index is 1080. The zero-order chi connectivity index (χ0) is 25.2. The van der Waals surface area contributed by atoms with Gasteiger partial charge in [0, 0.05) is 5.56 Å². The van der Waals surface area contributed by atoms with Crippen LogP contribution in [0.2, 0.25) is 0 Å². The Labute approximate surface area is 191 Å². The van der Waals surface area contributed by atoms with Gasteiger partial charge in [0.05, 0.1) is 51.6 Å². The van der Waals surface area contributed by atoms with Gasteiger partial charge < -0.3 is 9.84 Å². The Morgan fingerprint density at radius 1 is 1.00 bits per heavy atom. The van der Waals surface area contributed by atoms with Gasteiger partial charge in [-0.05, 0) is 43.4 Å². The lowest BCUT2D eigenvalue weighted by atomic mass is 9.92. The number of nitrogens with zero attached hydrogens (tertiary/aromatic N) is 3. The topological polar surface area (TPSA) is 151 Å². The normalized spacial score (nSPS) is 11.1. The molecule has 0 atom stereocenters. The van der Waals surface area contributed by atoms with Crippen molar-refractivity contribution in [1.29, 1.82) is 0 Å². The molecule has 3 N–H and O–H groups in total. The van der Waals surface area contributed by atoms with Crippen LogP contribution in [0.25, 0.3) is 0 Å². The van der Waals surface area contributed by atoms with E-state index < -0.39 is 16.5 Å². The van der Waals surface area contributed by atoms with Crippen LogP contribution in [0.4, 0.5) is 22.7 Å². The van der Waals surface area contributed by atoms with Gasteiger partial charge in [0.25, 0.3) is 5.69 Å². The minimum Gasteiger partial charge on any atom is -0.490 e. The molecule has 0 aliphatic heterocycles. The number of hydrogen-bond acceptors (Lipinski definition) is 9. The van der Waals surface area contributed by atoms with Gasteiger partial charge in [0.15, 0.2) is 0 Å². The van der Waals surface area contributed by atoms with E-state index in [0.717, 1.165) is 0 Å². The number of rotatable bonds is 9. The second-order valence-corrected chi connectivity index (χ2v) is 8.36. The van der Waals surface area contributed by atoms with Crippen molar-refractivity contribution in [2.24, 2.45) is 0 Å². The fourth-order valence-electron chi connectivity index (χ4n) is 3.89. The number of nitrogens with one attached hydrogen (secondary N) is 1. The van der Waals surface area contributed by atoms with E-state index in [1.54, 1.807) is 12.1 Å². The van der Waals surface area contributed by atoms with E-state index in [9.17, 15) is 30.5 Å². The number of anilines is 2. The fraction of sp³-hybridized carbons (Fsp3) is 0.455. The molecule has 0 fully saturated rings. The molecule has 11 heteroatoms. The van der Waals surface area contributed by atoms with Crippen LogP contribution in [0.1, 0.15) is 67.3 Å². The third kappa shape index (κ3) is 4.83. The molecule has 0 saturated heterocycles. The predicted molar refractivity (Wildman–Crippen MR) is 124 cm³/mol. The van der Waals surface area contributed by atoms with Crippen molar-refractivity contribution < 1.29 is 24.9 Å². The molecule has 0 saturated carbocycles. The number of nitro groups is 2. The van der Waals surface area contributed by atoms with E-state index >= 15 is 0 Å². The molecule has 2 aromatic carbocycles. The Balaban J connectivity index is 2.71. The van der Waals surface area contributed by atoms with Crippen LogP contribution in [0.15, 0.2) is 12.1 Å². The van der Waals surface area contributed by atoms with Gasteiger partial charge >= 0.3 is 5.69 Å². The van der Waals surface area contributed by atoms with Crippen molar-refractivity contribution in [1.82, 2.24) is 0 Å². The molecule has 0 aromatic heterocycles. The first kappa shape index (κ1) is 25.8. The highest BCUT2D eigenvalue weighted by atomic mass is 16.6. The summed E-state index contributed by atoms with van der Waals surface area (Å²) in [4.78, 5) is 22.4. The minimum atomic E-state index is -0.593. The average Bonchev–Trinajstić information content (AvgIpc) is 2.72. The molecule has 0 aliphatic rings. The summed E-state index contributed by atoms with van der Waals surface area (Å²) in [6, 6.07) is 3.20. The number of ether oxygens (including phenoxy) is 1. The number of hydrazine groups is 1. The van der Waals surface area contributed by atoms with E-state index in [2.05, 4.69) is 5.43 Å². The number of methoxy groups -OCH3 is 1. The molecular formula is C22H30N4O7. The molecular weight excluding hydrogens is 432 g/mol. The molecule has 33 heavy (non-hydrogen) atoms. The third-order valence-electron chi connectivity index (χ3n) is 5.63. The highest BCUT2D eigenvalue weighted by Crippen LogP contribution is 2.43. The fourth-order valence-corrected chi connectivity index (χ4v) is 3.89. The molecule has 2 rings (SSSR count). The Morgan fingerprint density at radius 3 is 1.97 bits per heavy atom. The lowest BCUT2D eigenvalue weighted by molar-refractivity contribution is -0.386. The van der Waals surface area contributed by atoms with Crippen molar-refractivity contribution in [3.8, 4) is 5.75 Å². The van der Waals surface area contributed by atoms with Crippen LogP contribution in [0.5, 0.6) is 5.75 Å². The van der Waals surface area contributed by atoms with Gasteiger partial charge in [-0.25, -0.2) is 0 Å². The lowest BCUT2D eigenvalue weighted by Crippen LogP contribution is -2.28. The molecule has 0 amide bonds. The van der Waals surface area contributed by atoms with E-state index in [-0.39, 0.29) is 57.0 Å². The van der Waals surface area contributed by atoms with Crippen LogP contribution >= 0.6 is 0 Å². The molecule has 0 bridgehead atoms. The largest absolute Gasteiger partial charge is 0.490 e. The third-order valence-corrected chi connectivity index (χ3v) is 5.63.